The van der Waals surface area contributed by atoms with E-state index in [0.717, 1.165) is 24.2 Å². The van der Waals surface area contributed by atoms with Crippen LogP contribution in [-0.2, 0) is 16.6 Å². The van der Waals surface area contributed by atoms with E-state index in [9.17, 15) is 13.5 Å². The van der Waals surface area contributed by atoms with Gasteiger partial charge in [-0.3, -0.25) is 0 Å². The number of piperazine rings is 1. The lowest BCUT2D eigenvalue weighted by atomic mass is 10.1. The maximum absolute atomic E-state index is 12.7. The van der Waals surface area contributed by atoms with Crippen molar-refractivity contribution in [1.82, 2.24) is 9.21 Å². The van der Waals surface area contributed by atoms with E-state index in [1.807, 2.05) is 20.0 Å². The van der Waals surface area contributed by atoms with Crippen LogP contribution in [0.1, 0.15) is 16.7 Å². The van der Waals surface area contributed by atoms with Gasteiger partial charge in [0.05, 0.1) is 11.5 Å². The van der Waals surface area contributed by atoms with E-state index in [2.05, 4.69) is 4.90 Å². The van der Waals surface area contributed by atoms with E-state index < -0.39 is 10.0 Å². The minimum Gasteiger partial charge on any atom is -0.392 e. The zero-order valence-electron chi connectivity index (χ0n) is 12.3. The summed E-state index contributed by atoms with van der Waals surface area (Å²) in [5.74, 6) is 0. The molecule has 0 aliphatic carbocycles. The zero-order chi connectivity index (χ0) is 14.9. The Balaban J connectivity index is 2.39. The van der Waals surface area contributed by atoms with E-state index >= 15 is 0 Å². The van der Waals surface area contributed by atoms with Gasteiger partial charge < -0.3 is 10.0 Å². The van der Waals surface area contributed by atoms with Crippen LogP contribution < -0.4 is 0 Å². The minimum atomic E-state index is -3.47. The van der Waals surface area contributed by atoms with E-state index in [4.69, 9.17) is 0 Å². The molecule has 0 amide bonds. The molecule has 0 saturated carbocycles. The van der Waals surface area contributed by atoms with E-state index in [1.54, 1.807) is 13.0 Å². The third-order valence-electron chi connectivity index (χ3n) is 3.88. The van der Waals surface area contributed by atoms with Crippen molar-refractivity contribution in [2.75, 3.05) is 33.2 Å². The number of aryl methyl sites for hydroxylation is 2. The lowest BCUT2D eigenvalue weighted by molar-refractivity contribution is 0.222. The van der Waals surface area contributed by atoms with Crippen LogP contribution in [0.5, 0.6) is 0 Å². The number of hydrogen-bond acceptors (Lipinski definition) is 4. The molecule has 1 aliphatic rings. The largest absolute Gasteiger partial charge is 0.392 e. The highest BCUT2D eigenvalue weighted by atomic mass is 32.2. The number of nitrogens with zero attached hydrogens (tertiary/aromatic N) is 2. The summed E-state index contributed by atoms with van der Waals surface area (Å²) in [6.07, 6.45) is 0. The molecule has 5 nitrogen and oxygen atoms in total. The Morgan fingerprint density at radius 1 is 1.10 bits per heavy atom. The Morgan fingerprint density at radius 2 is 1.70 bits per heavy atom. The summed E-state index contributed by atoms with van der Waals surface area (Å²) < 4.78 is 27.0. The summed E-state index contributed by atoms with van der Waals surface area (Å²) >= 11 is 0. The predicted octanol–water partition coefficient (Wildman–Crippen LogP) is 0.732. The Hall–Kier alpha value is -0.950. The maximum atomic E-state index is 12.7. The van der Waals surface area contributed by atoms with E-state index in [0.29, 0.717) is 23.5 Å². The van der Waals surface area contributed by atoms with Crippen LogP contribution >= 0.6 is 0 Å². The first-order valence-corrected chi connectivity index (χ1v) is 8.20. The van der Waals surface area contributed by atoms with Crippen molar-refractivity contribution in [3.05, 3.63) is 28.8 Å². The third-order valence-corrected chi connectivity index (χ3v) is 5.92. The van der Waals surface area contributed by atoms with Gasteiger partial charge in [-0.25, -0.2) is 8.42 Å². The molecule has 2 rings (SSSR count). The van der Waals surface area contributed by atoms with Crippen LogP contribution in [0.4, 0.5) is 0 Å². The van der Waals surface area contributed by atoms with Crippen molar-refractivity contribution in [1.29, 1.82) is 0 Å². The quantitative estimate of drug-likeness (QED) is 0.894. The Morgan fingerprint density at radius 3 is 2.25 bits per heavy atom. The van der Waals surface area contributed by atoms with E-state index in [1.165, 1.54) is 4.31 Å². The molecule has 0 aromatic heterocycles. The van der Waals surface area contributed by atoms with Crippen molar-refractivity contribution >= 4 is 10.0 Å². The summed E-state index contributed by atoms with van der Waals surface area (Å²) in [5, 5.41) is 9.33. The first-order chi connectivity index (χ1) is 9.36. The second kappa shape index (κ2) is 5.81. The van der Waals surface area contributed by atoms with Crippen molar-refractivity contribution in [3.63, 3.8) is 0 Å². The monoisotopic (exact) mass is 298 g/mol. The van der Waals surface area contributed by atoms with Crippen molar-refractivity contribution in [2.24, 2.45) is 0 Å². The molecule has 1 heterocycles. The number of aliphatic hydroxyl groups excluding tert-OH is 1. The molecule has 1 aliphatic heterocycles. The molecular weight excluding hydrogens is 276 g/mol. The van der Waals surface area contributed by atoms with Crippen LogP contribution in [0, 0.1) is 13.8 Å². The highest BCUT2D eigenvalue weighted by Crippen LogP contribution is 2.24. The molecule has 6 heteroatoms. The molecule has 1 N–H and O–H groups in total. The molecule has 0 unspecified atom stereocenters. The highest BCUT2D eigenvalue weighted by molar-refractivity contribution is 7.89. The number of aliphatic hydroxyl groups is 1. The van der Waals surface area contributed by atoms with Crippen LogP contribution in [0.3, 0.4) is 0 Å². The Kier molecular flexibility index (Phi) is 4.49. The van der Waals surface area contributed by atoms with Crippen LogP contribution in [-0.4, -0.2) is 56.0 Å². The van der Waals surface area contributed by atoms with Gasteiger partial charge in [-0.1, -0.05) is 6.07 Å². The summed E-state index contributed by atoms with van der Waals surface area (Å²) in [6, 6.07) is 3.44. The SMILES string of the molecule is Cc1cc(C)c(S(=O)(=O)N2CCN(C)CC2)cc1CO. The summed E-state index contributed by atoms with van der Waals surface area (Å²) in [5.41, 5.74) is 2.32. The van der Waals surface area contributed by atoms with Crippen LogP contribution in [0.15, 0.2) is 17.0 Å². The number of sulfonamides is 1. The molecule has 0 radical (unpaired) electrons. The highest BCUT2D eigenvalue weighted by Gasteiger charge is 2.29. The molecule has 1 aromatic carbocycles. The molecule has 0 atom stereocenters. The average Bonchev–Trinajstić information content (AvgIpc) is 2.39. The Bertz CT molecular complexity index is 591. The number of likely N-dealkylation sites (N-methyl/N-ethyl adjacent to an activating group) is 1. The normalized spacial score (nSPS) is 18.4. The maximum Gasteiger partial charge on any atom is 0.243 e. The first-order valence-electron chi connectivity index (χ1n) is 6.76. The van der Waals surface area contributed by atoms with Gasteiger partial charge in [0.1, 0.15) is 0 Å². The number of rotatable bonds is 3. The summed E-state index contributed by atoms with van der Waals surface area (Å²) in [4.78, 5) is 2.43. The van der Waals surface area contributed by atoms with Crippen molar-refractivity contribution in [3.8, 4) is 0 Å². The lowest BCUT2D eigenvalue weighted by Crippen LogP contribution is -2.47. The fraction of sp³-hybridized carbons (Fsp3) is 0.571. The third kappa shape index (κ3) is 2.88. The molecule has 0 spiro atoms. The molecule has 20 heavy (non-hydrogen) atoms. The van der Waals surface area contributed by atoms with E-state index in [-0.39, 0.29) is 6.61 Å². The molecule has 1 aromatic rings. The smallest absolute Gasteiger partial charge is 0.243 e. The molecule has 112 valence electrons. The topological polar surface area (TPSA) is 60.9 Å². The molecule has 0 bridgehead atoms. The fourth-order valence-corrected chi connectivity index (χ4v) is 4.17. The second-order valence-corrected chi connectivity index (χ2v) is 7.32. The molecular formula is C14H22N2O3S. The molecule has 1 saturated heterocycles. The van der Waals surface area contributed by atoms with Gasteiger partial charge in [-0.2, -0.15) is 4.31 Å². The average molecular weight is 298 g/mol. The van der Waals surface area contributed by atoms with Gasteiger partial charge in [-0.15, -0.1) is 0 Å². The van der Waals surface area contributed by atoms with Crippen LogP contribution in [0.25, 0.3) is 0 Å². The number of hydrogen-bond donors (Lipinski definition) is 1. The van der Waals surface area contributed by atoms with Crippen molar-refractivity contribution < 1.29 is 13.5 Å². The zero-order valence-corrected chi connectivity index (χ0v) is 13.1. The van der Waals surface area contributed by atoms with Crippen LogP contribution in [0.2, 0.25) is 0 Å². The van der Waals surface area contributed by atoms with Gasteiger partial charge in [-0.05, 0) is 43.7 Å². The Labute approximate surface area is 120 Å². The summed E-state index contributed by atoms with van der Waals surface area (Å²) in [7, 11) is -1.48. The van der Waals surface area contributed by atoms with Crippen molar-refractivity contribution in [2.45, 2.75) is 25.3 Å². The fourth-order valence-electron chi connectivity index (χ4n) is 2.49. The minimum absolute atomic E-state index is 0.141. The van der Waals surface area contributed by atoms with Gasteiger partial charge in [0.15, 0.2) is 0 Å². The van der Waals surface area contributed by atoms with Gasteiger partial charge in [0.2, 0.25) is 10.0 Å². The van der Waals surface area contributed by atoms with Gasteiger partial charge >= 0.3 is 0 Å². The first kappa shape index (κ1) is 15.4. The predicted molar refractivity (Wildman–Crippen MR) is 78.1 cm³/mol. The number of benzene rings is 1. The molecule has 1 fully saturated rings. The second-order valence-electron chi connectivity index (χ2n) is 5.41. The van der Waals surface area contributed by atoms with Gasteiger partial charge in [0, 0.05) is 26.2 Å². The lowest BCUT2D eigenvalue weighted by Gasteiger charge is -2.32. The standard InChI is InChI=1S/C14H22N2O3S/c1-11-8-12(2)14(9-13(11)10-17)20(18,19)16-6-4-15(3)5-7-16/h8-9,17H,4-7,10H2,1-3H3. The summed E-state index contributed by atoms with van der Waals surface area (Å²) in [6.45, 7) is 6.06. The van der Waals surface area contributed by atoms with Gasteiger partial charge in [0.25, 0.3) is 0 Å².